The van der Waals surface area contributed by atoms with E-state index in [9.17, 15) is 4.79 Å². The van der Waals surface area contributed by atoms with Crippen LogP contribution in [0.3, 0.4) is 0 Å². The Balaban J connectivity index is 0.00000200. The average molecular weight is 430 g/mol. The lowest BCUT2D eigenvalue weighted by Crippen LogP contribution is -2.46. The molecule has 1 aliphatic heterocycles. The van der Waals surface area contributed by atoms with Gasteiger partial charge >= 0.3 is 0 Å². The zero-order valence-electron chi connectivity index (χ0n) is 11.0. The van der Waals surface area contributed by atoms with E-state index in [2.05, 4.69) is 38.1 Å². The van der Waals surface area contributed by atoms with E-state index in [0.717, 1.165) is 36.3 Å². The molecule has 1 saturated heterocycles. The second kappa shape index (κ2) is 9.04. The number of carbonyl (C=O) groups is 1. The summed E-state index contributed by atoms with van der Waals surface area (Å²) < 4.78 is 1.03. The molecule has 0 unspecified atom stereocenters. The molecule has 20 heavy (non-hydrogen) atoms. The Morgan fingerprint density at radius 1 is 1.40 bits per heavy atom. The highest BCUT2D eigenvalue weighted by molar-refractivity contribution is 14.1. The summed E-state index contributed by atoms with van der Waals surface area (Å²) in [6.07, 6.45) is 0. The second-order valence-corrected chi connectivity index (χ2v) is 6.12. The highest BCUT2D eigenvalue weighted by atomic mass is 127. The number of hydrogen-bond donors (Lipinski definition) is 2. The molecule has 0 aromatic heterocycles. The molecule has 1 aromatic rings. The van der Waals surface area contributed by atoms with Crippen molar-refractivity contribution in [3.63, 3.8) is 0 Å². The maximum absolute atomic E-state index is 12.0. The number of nitrogens with zero attached hydrogens (tertiary/aromatic N) is 1. The molecule has 2 rings (SSSR count). The third-order valence-electron chi connectivity index (χ3n) is 3.10. The Labute approximate surface area is 144 Å². The zero-order chi connectivity index (χ0) is 13.7. The maximum Gasteiger partial charge on any atom is 0.252 e. The first kappa shape index (κ1) is 18.0. The van der Waals surface area contributed by atoms with Crippen molar-refractivity contribution < 1.29 is 4.79 Å². The number of piperazine rings is 1. The van der Waals surface area contributed by atoms with Gasteiger partial charge in [0.2, 0.25) is 0 Å². The van der Waals surface area contributed by atoms with Gasteiger partial charge in [0.05, 0.1) is 10.6 Å². The fourth-order valence-corrected chi connectivity index (χ4v) is 2.97. The monoisotopic (exact) mass is 429 g/mol. The van der Waals surface area contributed by atoms with Crippen molar-refractivity contribution in [2.24, 2.45) is 0 Å². The summed E-state index contributed by atoms with van der Waals surface area (Å²) in [5.41, 5.74) is 0.544. The average Bonchev–Trinajstić information content (AvgIpc) is 2.39. The van der Waals surface area contributed by atoms with Crippen LogP contribution in [0.4, 0.5) is 0 Å². The molecular formula is C13H18Cl2IN3O. The molecular weight excluding hydrogens is 412 g/mol. The molecule has 7 heteroatoms. The first-order chi connectivity index (χ1) is 9.16. The third kappa shape index (κ3) is 5.37. The lowest BCUT2D eigenvalue weighted by Gasteiger charge is -2.27. The van der Waals surface area contributed by atoms with E-state index in [4.69, 9.17) is 11.6 Å². The van der Waals surface area contributed by atoms with E-state index in [1.807, 2.05) is 6.07 Å². The molecule has 4 nitrogen and oxygen atoms in total. The molecule has 0 radical (unpaired) electrons. The van der Waals surface area contributed by atoms with Gasteiger partial charge in [0.1, 0.15) is 0 Å². The molecule has 1 aliphatic rings. The number of rotatable bonds is 4. The van der Waals surface area contributed by atoms with Gasteiger partial charge in [-0.25, -0.2) is 0 Å². The molecule has 1 aromatic carbocycles. The van der Waals surface area contributed by atoms with Crippen molar-refractivity contribution in [1.82, 2.24) is 15.5 Å². The number of benzene rings is 1. The van der Waals surface area contributed by atoms with Crippen LogP contribution in [-0.4, -0.2) is 50.1 Å². The Bertz CT molecular complexity index is 453. The number of carbonyl (C=O) groups excluding carboxylic acids is 1. The summed E-state index contributed by atoms with van der Waals surface area (Å²) >= 11 is 8.24. The van der Waals surface area contributed by atoms with Gasteiger partial charge in [-0.3, -0.25) is 9.69 Å². The topological polar surface area (TPSA) is 44.4 Å². The smallest absolute Gasteiger partial charge is 0.252 e. The van der Waals surface area contributed by atoms with Gasteiger partial charge in [-0.05, 0) is 40.8 Å². The van der Waals surface area contributed by atoms with Gasteiger partial charge in [0.15, 0.2) is 0 Å². The van der Waals surface area contributed by atoms with Crippen LogP contribution in [0.15, 0.2) is 18.2 Å². The van der Waals surface area contributed by atoms with Gasteiger partial charge in [0, 0.05) is 42.8 Å². The van der Waals surface area contributed by atoms with Crippen molar-refractivity contribution in [2.45, 2.75) is 0 Å². The van der Waals surface area contributed by atoms with Gasteiger partial charge in [0.25, 0.3) is 5.91 Å². The highest BCUT2D eigenvalue weighted by Crippen LogP contribution is 2.18. The Morgan fingerprint density at radius 2 is 2.10 bits per heavy atom. The standard InChI is InChI=1S/C13H17ClIN3O.ClH/c14-12-9-10(15)1-2-11(12)13(19)17-5-8-18-6-3-16-4-7-18;/h1-2,9,16H,3-8H2,(H,17,19);1H. The zero-order valence-corrected chi connectivity index (χ0v) is 14.7. The molecule has 0 spiro atoms. The van der Waals surface area contributed by atoms with Gasteiger partial charge in [-0.2, -0.15) is 0 Å². The Kier molecular flexibility index (Phi) is 8.13. The van der Waals surface area contributed by atoms with Gasteiger partial charge in [-0.1, -0.05) is 11.6 Å². The number of nitrogens with one attached hydrogen (secondary N) is 2. The van der Waals surface area contributed by atoms with E-state index in [1.54, 1.807) is 12.1 Å². The molecule has 0 aliphatic carbocycles. The maximum atomic E-state index is 12.0. The molecule has 0 bridgehead atoms. The fraction of sp³-hybridized carbons (Fsp3) is 0.462. The van der Waals surface area contributed by atoms with E-state index in [0.29, 0.717) is 17.1 Å². The quantitative estimate of drug-likeness (QED) is 0.719. The van der Waals surface area contributed by atoms with Crippen LogP contribution in [0.1, 0.15) is 10.4 Å². The van der Waals surface area contributed by atoms with Crippen LogP contribution >= 0.6 is 46.6 Å². The predicted octanol–water partition coefficient (Wildman–Crippen LogP) is 2.00. The Morgan fingerprint density at radius 3 is 2.75 bits per heavy atom. The third-order valence-corrected chi connectivity index (χ3v) is 4.08. The minimum absolute atomic E-state index is 0. The molecule has 1 heterocycles. The number of halogens is 3. The van der Waals surface area contributed by atoms with Crippen molar-refractivity contribution in [2.75, 3.05) is 39.3 Å². The van der Waals surface area contributed by atoms with Gasteiger partial charge < -0.3 is 10.6 Å². The van der Waals surface area contributed by atoms with Crippen LogP contribution in [0.2, 0.25) is 5.02 Å². The molecule has 0 atom stereocenters. The molecule has 1 fully saturated rings. The van der Waals surface area contributed by atoms with Crippen molar-refractivity contribution >= 4 is 52.5 Å². The SMILES string of the molecule is Cl.O=C(NCCN1CCNCC1)c1ccc(I)cc1Cl. The minimum atomic E-state index is -0.100. The minimum Gasteiger partial charge on any atom is -0.351 e. The summed E-state index contributed by atoms with van der Waals surface area (Å²) in [6.45, 7) is 5.67. The number of amides is 1. The summed E-state index contributed by atoms with van der Waals surface area (Å²) in [6, 6.07) is 5.45. The highest BCUT2D eigenvalue weighted by Gasteiger charge is 2.12. The summed E-state index contributed by atoms with van der Waals surface area (Å²) in [5.74, 6) is -0.100. The first-order valence-corrected chi connectivity index (χ1v) is 7.79. The van der Waals surface area contributed by atoms with E-state index in [1.165, 1.54) is 0 Å². The second-order valence-electron chi connectivity index (χ2n) is 4.47. The van der Waals surface area contributed by atoms with E-state index in [-0.39, 0.29) is 18.3 Å². The van der Waals surface area contributed by atoms with Crippen LogP contribution < -0.4 is 10.6 Å². The predicted molar refractivity (Wildman–Crippen MR) is 93.1 cm³/mol. The largest absolute Gasteiger partial charge is 0.351 e. The van der Waals surface area contributed by atoms with Crippen LogP contribution in [0.5, 0.6) is 0 Å². The summed E-state index contributed by atoms with van der Waals surface area (Å²) in [7, 11) is 0. The van der Waals surface area contributed by atoms with Crippen LogP contribution in [-0.2, 0) is 0 Å². The molecule has 1 amide bonds. The van der Waals surface area contributed by atoms with Crippen LogP contribution in [0, 0.1) is 3.57 Å². The van der Waals surface area contributed by atoms with E-state index >= 15 is 0 Å². The summed E-state index contributed by atoms with van der Waals surface area (Å²) in [4.78, 5) is 14.3. The molecule has 2 N–H and O–H groups in total. The molecule has 0 saturated carbocycles. The summed E-state index contributed by atoms with van der Waals surface area (Å²) in [5, 5.41) is 6.73. The Hall–Kier alpha value is -0.0800. The van der Waals surface area contributed by atoms with E-state index < -0.39 is 0 Å². The molecule has 112 valence electrons. The first-order valence-electron chi connectivity index (χ1n) is 6.33. The normalized spacial score (nSPS) is 15.5. The van der Waals surface area contributed by atoms with Crippen molar-refractivity contribution in [1.29, 1.82) is 0 Å². The lowest BCUT2D eigenvalue weighted by atomic mass is 10.2. The van der Waals surface area contributed by atoms with Crippen molar-refractivity contribution in [3.8, 4) is 0 Å². The van der Waals surface area contributed by atoms with Crippen LogP contribution in [0.25, 0.3) is 0 Å². The number of hydrogen-bond acceptors (Lipinski definition) is 3. The lowest BCUT2D eigenvalue weighted by molar-refractivity contribution is 0.0947. The fourth-order valence-electron chi connectivity index (χ4n) is 2.03. The van der Waals surface area contributed by atoms with Crippen molar-refractivity contribution in [3.05, 3.63) is 32.4 Å². The van der Waals surface area contributed by atoms with Gasteiger partial charge in [-0.15, -0.1) is 12.4 Å².